The number of benzene rings is 1. The first kappa shape index (κ1) is 20.7. The molecule has 7 heteroatoms. The van der Waals surface area contributed by atoms with E-state index in [0.717, 1.165) is 69.7 Å². The van der Waals surface area contributed by atoms with E-state index in [0.29, 0.717) is 16.0 Å². The van der Waals surface area contributed by atoms with Crippen LogP contribution in [0.15, 0.2) is 12.1 Å². The topological polar surface area (TPSA) is 53.0 Å². The average molecular weight is 415 g/mol. The fourth-order valence-corrected chi connectivity index (χ4v) is 4.40. The van der Waals surface area contributed by atoms with E-state index in [9.17, 15) is 4.79 Å². The zero-order chi connectivity index (χ0) is 19.4. The van der Waals surface area contributed by atoms with Crippen LogP contribution in [0.2, 0.25) is 10.0 Å². The highest BCUT2D eigenvalue weighted by molar-refractivity contribution is 6.42. The molecule has 1 aromatic carbocycles. The molecule has 0 spiro atoms. The van der Waals surface area contributed by atoms with E-state index >= 15 is 0 Å². The average Bonchev–Trinajstić information content (AvgIpc) is 2.65. The monoisotopic (exact) mass is 414 g/mol. The van der Waals surface area contributed by atoms with Gasteiger partial charge in [0.2, 0.25) is 0 Å². The van der Waals surface area contributed by atoms with Crippen molar-refractivity contribution >= 4 is 29.2 Å². The molecule has 2 fully saturated rings. The van der Waals surface area contributed by atoms with E-state index in [4.69, 9.17) is 33.0 Å². The number of rotatable bonds is 6. The summed E-state index contributed by atoms with van der Waals surface area (Å²) in [6, 6.07) is 3.69. The minimum Gasteiger partial charge on any atom is -0.490 e. The number of ether oxygens (including phenoxy) is 1. The molecule has 0 saturated carbocycles. The predicted molar refractivity (Wildman–Crippen MR) is 108 cm³/mol. The molecule has 2 saturated heterocycles. The first-order valence-electron chi connectivity index (χ1n) is 9.70. The van der Waals surface area contributed by atoms with Crippen molar-refractivity contribution in [2.24, 2.45) is 5.92 Å². The summed E-state index contributed by atoms with van der Waals surface area (Å²) in [5.41, 5.74) is 0.903. The van der Waals surface area contributed by atoms with Crippen LogP contribution in [0.3, 0.4) is 0 Å². The quantitative estimate of drug-likeness (QED) is 0.763. The molecule has 3 rings (SSSR count). The molecular formula is C20H28Cl2N2O3. The van der Waals surface area contributed by atoms with E-state index < -0.39 is 5.97 Å². The fourth-order valence-electron chi connectivity index (χ4n) is 4.03. The molecule has 150 valence electrons. The molecule has 2 heterocycles. The van der Waals surface area contributed by atoms with Crippen LogP contribution in [0.4, 0.5) is 0 Å². The number of halogens is 2. The molecule has 2 aliphatic rings. The highest BCUT2D eigenvalue weighted by Crippen LogP contribution is 2.33. The summed E-state index contributed by atoms with van der Waals surface area (Å²) in [7, 11) is 0. The Balaban J connectivity index is 1.41. The van der Waals surface area contributed by atoms with Gasteiger partial charge in [0.05, 0.1) is 16.6 Å². The Morgan fingerprint density at radius 3 is 2.37 bits per heavy atom. The molecule has 1 aromatic rings. The summed E-state index contributed by atoms with van der Waals surface area (Å²) < 4.78 is 6.18. The number of nitrogens with zero attached hydrogens (tertiary/aromatic N) is 2. The van der Waals surface area contributed by atoms with Crippen LogP contribution in [-0.2, 0) is 4.79 Å². The van der Waals surface area contributed by atoms with Crippen LogP contribution in [0.5, 0.6) is 5.75 Å². The molecule has 5 nitrogen and oxygen atoms in total. The van der Waals surface area contributed by atoms with Crippen molar-refractivity contribution in [3.63, 3.8) is 0 Å². The summed E-state index contributed by atoms with van der Waals surface area (Å²) in [6.07, 6.45) is 4.42. The lowest BCUT2D eigenvalue weighted by atomic mass is 9.95. The second-order valence-electron chi connectivity index (χ2n) is 7.72. The molecular weight excluding hydrogens is 387 g/mol. The van der Waals surface area contributed by atoms with Gasteiger partial charge in [0.1, 0.15) is 11.9 Å². The van der Waals surface area contributed by atoms with Gasteiger partial charge in [0, 0.05) is 25.2 Å². The molecule has 27 heavy (non-hydrogen) atoms. The zero-order valence-corrected chi connectivity index (χ0v) is 17.3. The van der Waals surface area contributed by atoms with E-state index in [2.05, 4.69) is 4.90 Å². The van der Waals surface area contributed by atoms with E-state index in [1.165, 1.54) is 0 Å². The van der Waals surface area contributed by atoms with Gasteiger partial charge in [-0.2, -0.15) is 0 Å². The second kappa shape index (κ2) is 9.46. The zero-order valence-electron chi connectivity index (χ0n) is 15.8. The highest BCUT2D eigenvalue weighted by atomic mass is 35.5. The largest absolute Gasteiger partial charge is 0.490 e. The molecule has 0 atom stereocenters. The Morgan fingerprint density at radius 2 is 1.74 bits per heavy atom. The minimum absolute atomic E-state index is 0.170. The third kappa shape index (κ3) is 5.74. The number of hydrogen-bond acceptors (Lipinski definition) is 4. The molecule has 0 aromatic heterocycles. The van der Waals surface area contributed by atoms with Gasteiger partial charge in [0.15, 0.2) is 0 Å². The summed E-state index contributed by atoms with van der Waals surface area (Å²) >= 11 is 12.3. The van der Waals surface area contributed by atoms with Crippen LogP contribution in [0.1, 0.15) is 31.2 Å². The molecule has 0 radical (unpaired) electrons. The molecule has 2 aliphatic heterocycles. The molecule has 0 amide bonds. The first-order valence-corrected chi connectivity index (χ1v) is 10.5. The molecule has 1 N–H and O–H groups in total. The van der Waals surface area contributed by atoms with Crippen LogP contribution in [0, 0.1) is 12.8 Å². The van der Waals surface area contributed by atoms with E-state index in [-0.39, 0.29) is 12.6 Å². The van der Waals surface area contributed by atoms with Crippen molar-refractivity contribution in [1.29, 1.82) is 0 Å². The molecule has 0 aliphatic carbocycles. The first-order chi connectivity index (χ1) is 12.9. The van der Waals surface area contributed by atoms with Crippen LogP contribution in [-0.4, -0.2) is 66.2 Å². The smallest absolute Gasteiger partial charge is 0.317 e. The van der Waals surface area contributed by atoms with E-state index in [1.807, 2.05) is 17.9 Å². The van der Waals surface area contributed by atoms with Crippen molar-refractivity contribution in [3.05, 3.63) is 27.7 Å². The normalized spacial score (nSPS) is 20.7. The van der Waals surface area contributed by atoms with Crippen molar-refractivity contribution in [3.8, 4) is 5.75 Å². The van der Waals surface area contributed by atoms with Gasteiger partial charge < -0.3 is 14.7 Å². The lowest BCUT2D eigenvalue weighted by Crippen LogP contribution is -2.44. The summed E-state index contributed by atoms with van der Waals surface area (Å²) in [6.45, 7) is 7.10. The van der Waals surface area contributed by atoms with Crippen molar-refractivity contribution < 1.29 is 14.6 Å². The second-order valence-corrected chi connectivity index (χ2v) is 8.50. The minimum atomic E-state index is -0.729. The maximum atomic E-state index is 10.8. The fraction of sp³-hybridized carbons (Fsp3) is 0.650. The van der Waals surface area contributed by atoms with Gasteiger partial charge in [-0.1, -0.05) is 23.2 Å². The van der Waals surface area contributed by atoms with Crippen molar-refractivity contribution in [2.75, 3.05) is 39.3 Å². The Hall–Kier alpha value is -1.01. The third-order valence-electron chi connectivity index (χ3n) is 5.70. The number of carboxylic acid groups (broad SMARTS) is 1. The lowest BCUT2D eigenvalue weighted by molar-refractivity contribution is -0.138. The van der Waals surface area contributed by atoms with E-state index in [1.54, 1.807) is 6.07 Å². The molecule has 0 bridgehead atoms. The predicted octanol–water partition coefficient (Wildman–Crippen LogP) is 3.94. The van der Waals surface area contributed by atoms with Gasteiger partial charge in [-0.25, -0.2) is 0 Å². The maximum Gasteiger partial charge on any atom is 0.317 e. The van der Waals surface area contributed by atoms with Crippen molar-refractivity contribution in [2.45, 2.75) is 38.7 Å². The number of piperidine rings is 2. The standard InChI is InChI=1S/C20H28Cl2N2O3/c1-14-18(3-2-17(21)20(14)22)27-16-6-10-23(11-7-16)12-15-4-8-24(9-5-15)13-19(25)26/h2-3,15-16H,4-13H2,1H3,(H,25,26). The number of hydrogen-bond donors (Lipinski definition) is 1. The van der Waals surface area contributed by atoms with Gasteiger partial charge >= 0.3 is 5.97 Å². The number of carboxylic acids is 1. The highest BCUT2D eigenvalue weighted by Gasteiger charge is 2.26. The van der Waals surface area contributed by atoms with Gasteiger partial charge in [0.25, 0.3) is 0 Å². The van der Waals surface area contributed by atoms with Crippen molar-refractivity contribution in [1.82, 2.24) is 9.80 Å². The SMILES string of the molecule is Cc1c(OC2CCN(CC3CCN(CC(=O)O)CC3)CC2)ccc(Cl)c1Cl. The van der Waals surface area contributed by atoms with Gasteiger partial charge in [-0.3, -0.25) is 9.69 Å². The summed E-state index contributed by atoms with van der Waals surface area (Å²) in [4.78, 5) is 15.4. The van der Waals surface area contributed by atoms with Gasteiger partial charge in [-0.05, 0) is 63.7 Å². The van der Waals surface area contributed by atoms with Crippen LogP contribution in [0.25, 0.3) is 0 Å². The number of aliphatic carboxylic acids is 1. The number of likely N-dealkylation sites (tertiary alicyclic amines) is 2. The van der Waals surface area contributed by atoms with Crippen LogP contribution < -0.4 is 4.74 Å². The Bertz CT molecular complexity index is 655. The Kier molecular flexibility index (Phi) is 7.26. The summed E-state index contributed by atoms with van der Waals surface area (Å²) in [5.74, 6) is 0.770. The van der Waals surface area contributed by atoms with Crippen LogP contribution >= 0.6 is 23.2 Å². The maximum absolute atomic E-state index is 10.8. The summed E-state index contributed by atoms with van der Waals surface area (Å²) in [5, 5.41) is 10.0. The lowest BCUT2D eigenvalue weighted by Gasteiger charge is -2.37. The Morgan fingerprint density at radius 1 is 1.11 bits per heavy atom. The Labute approximate surface area is 171 Å². The molecule has 0 unspecified atom stereocenters. The third-order valence-corrected chi connectivity index (χ3v) is 6.60. The van der Waals surface area contributed by atoms with Gasteiger partial charge in [-0.15, -0.1) is 0 Å². The number of carbonyl (C=O) groups is 1.